The van der Waals surface area contributed by atoms with E-state index in [-0.39, 0.29) is 17.7 Å². The van der Waals surface area contributed by atoms with Crippen LogP contribution in [0, 0.1) is 5.82 Å². The molecule has 0 spiro atoms. The standard InChI is InChI=1S/C10H10FN3O3/c11-8-2-1-6(5-15)3-7(8)10(17)9(16)4-13-14-12/h1-3,5,9-10,16-17H,4H2. The third kappa shape index (κ3) is 3.25. The van der Waals surface area contributed by atoms with Gasteiger partial charge in [-0.2, -0.15) is 0 Å². The number of aldehydes is 1. The average Bonchev–Trinajstić information content (AvgIpc) is 2.35. The van der Waals surface area contributed by atoms with Gasteiger partial charge in [-0.3, -0.25) is 4.79 Å². The minimum atomic E-state index is -1.56. The maximum Gasteiger partial charge on any atom is 0.150 e. The van der Waals surface area contributed by atoms with E-state index in [1.54, 1.807) is 0 Å². The van der Waals surface area contributed by atoms with Crippen LogP contribution in [-0.4, -0.2) is 29.1 Å². The fourth-order valence-electron chi connectivity index (χ4n) is 1.29. The minimum absolute atomic E-state index is 0.177. The molecule has 0 fully saturated rings. The maximum atomic E-state index is 13.3. The van der Waals surface area contributed by atoms with Crippen molar-refractivity contribution < 1.29 is 19.4 Å². The van der Waals surface area contributed by atoms with Gasteiger partial charge in [0.05, 0.1) is 12.6 Å². The summed E-state index contributed by atoms with van der Waals surface area (Å²) < 4.78 is 13.3. The number of aliphatic hydroxyl groups excluding tert-OH is 2. The van der Waals surface area contributed by atoms with E-state index in [4.69, 9.17) is 5.53 Å². The van der Waals surface area contributed by atoms with E-state index in [9.17, 15) is 19.4 Å². The van der Waals surface area contributed by atoms with E-state index in [1.165, 1.54) is 6.07 Å². The van der Waals surface area contributed by atoms with Crippen molar-refractivity contribution in [2.75, 3.05) is 6.54 Å². The molecule has 2 atom stereocenters. The van der Waals surface area contributed by atoms with Crippen LogP contribution in [-0.2, 0) is 0 Å². The topological polar surface area (TPSA) is 106 Å². The molecule has 0 saturated heterocycles. The molecular formula is C10H10FN3O3. The van der Waals surface area contributed by atoms with E-state index in [2.05, 4.69) is 10.0 Å². The smallest absolute Gasteiger partial charge is 0.150 e. The van der Waals surface area contributed by atoms with Gasteiger partial charge in [-0.25, -0.2) is 4.39 Å². The highest BCUT2D eigenvalue weighted by molar-refractivity contribution is 5.75. The second-order valence-corrected chi connectivity index (χ2v) is 3.32. The molecule has 17 heavy (non-hydrogen) atoms. The zero-order valence-corrected chi connectivity index (χ0v) is 8.69. The summed E-state index contributed by atoms with van der Waals surface area (Å²) in [5.41, 5.74) is 8.01. The predicted octanol–water partition coefficient (Wildman–Crippen LogP) is 1.34. The summed E-state index contributed by atoms with van der Waals surface area (Å²) in [6, 6.07) is 3.40. The number of benzene rings is 1. The van der Waals surface area contributed by atoms with Crippen LogP contribution >= 0.6 is 0 Å². The zero-order valence-electron chi connectivity index (χ0n) is 8.69. The first-order valence-corrected chi connectivity index (χ1v) is 4.71. The fraction of sp³-hybridized carbons (Fsp3) is 0.300. The summed E-state index contributed by atoms with van der Waals surface area (Å²) in [4.78, 5) is 12.9. The first-order chi connectivity index (χ1) is 8.10. The van der Waals surface area contributed by atoms with E-state index in [0.717, 1.165) is 12.1 Å². The summed E-state index contributed by atoms with van der Waals surface area (Å²) in [5, 5.41) is 22.1. The summed E-state index contributed by atoms with van der Waals surface area (Å²) in [6.07, 6.45) is -2.49. The first-order valence-electron chi connectivity index (χ1n) is 4.71. The number of rotatable bonds is 5. The van der Waals surface area contributed by atoms with Crippen molar-refractivity contribution in [2.24, 2.45) is 5.11 Å². The van der Waals surface area contributed by atoms with Gasteiger partial charge in [0.2, 0.25) is 0 Å². The Balaban J connectivity index is 2.97. The van der Waals surface area contributed by atoms with Crippen LogP contribution in [0.2, 0.25) is 0 Å². The molecule has 2 N–H and O–H groups in total. The third-order valence-corrected chi connectivity index (χ3v) is 2.17. The monoisotopic (exact) mass is 239 g/mol. The van der Waals surface area contributed by atoms with Gasteiger partial charge in [0, 0.05) is 16.0 Å². The molecule has 0 aliphatic heterocycles. The second-order valence-electron chi connectivity index (χ2n) is 3.32. The Morgan fingerprint density at radius 2 is 2.24 bits per heavy atom. The molecule has 0 aromatic heterocycles. The molecule has 0 heterocycles. The molecule has 6 nitrogen and oxygen atoms in total. The summed E-state index contributed by atoms with van der Waals surface area (Å²) in [6.45, 7) is -0.386. The van der Waals surface area contributed by atoms with Crippen molar-refractivity contribution in [3.05, 3.63) is 45.6 Å². The SMILES string of the molecule is [N-]=[N+]=NCC(O)C(O)c1cc(C=O)ccc1F. The Hall–Kier alpha value is -1.95. The molecule has 0 saturated carbocycles. The molecule has 0 radical (unpaired) electrons. The van der Waals surface area contributed by atoms with Gasteiger partial charge < -0.3 is 10.2 Å². The Kier molecular flexibility index (Phi) is 4.59. The first kappa shape index (κ1) is 13.1. The fourth-order valence-corrected chi connectivity index (χ4v) is 1.29. The molecule has 0 amide bonds. The van der Waals surface area contributed by atoms with Crippen LogP contribution in [0.3, 0.4) is 0 Å². The zero-order chi connectivity index (χ0) is 12.8. The number of carbonyl (C=O) groups excluding carboxylic acids is 1. The van der Waals surface area contributed by atoms with Gasteiger partial charge >= 0.3 is 0 Å². The van der Waals surface area contributed by atoms with Crippen LogP contribution in [0.25, 0.3) is 10.4 Å². The molecule has 1 aromatic rings. The van der Waals surface area contributed by atoms with Crippen molar-refractivity contribution in [3.63, 3.8) is 0 Å². The molecule has 2 unspecified atom stereocenters. The Morgan fingerprint density at radius 1 is 1.53 bits per heavy atom. The number of hydrogen-bond acceptors (Lipinski definition) is 4. The molecule has 1 rings (SSSR count). The quantitative estimate of drug-likeness (QED) is 0.350. The number of hydrogen-bond donors (Lipinski definition) is 2. The normalized spacial score (nSPS) is 13.6. The van der Waals surface area contributed by atoms with Crippen LogP contribution < -0.4 is 0 Å². The van der Waals surface area contributed by atoms with Gasteiger partial charge in [-0.1, -0.05) is 5.11 Å². The van der Waals surface area contributed by atoms with Gasteiger partial charge in [-0.05, 0) is 23.7 Å². The van der Waals surface area contributed by atoms with Crippen molar-refractivity contribution in [1.82, 2.24) is 0 Å². The maximum absolute atomic E-state index is 13.3. The summed E-state index contributed by atoms with van der Waals surface area (Å²) >= 11 is 0. The highest BCUT2D eigenvalue weighted by Gasteiger charge is 2.21. The lowest BCUT2D eigenvalue weighted by atomic mass is 10.0. The summed E-state index contributed by atoms with van der Waals surface area (Å²) in [7, 11) is 0. The number of halogens is 1. The average molecular weight is 239 g/mol. The Labute approximate surface area is 95.9 Å². The number of azide groups is 1. The van der Waals surface area contributed by atoms with E-state index in [1.807, 2.05) is 0 Å². The molecule has 7 heteroatoms. The molecule has 0 bridgehead atoms. The Morgan fingerprint density at radius 3 is 2.82 bits per heavy atom. The largest absolute Gasteiger partial charge is 0.390 e. The highest BCUT2D eigenvalue weighted by atomic mass is 19.1. The van der Waals surface area contributed by atoms with Gasteiger partial charge in [0.25, 0.3) is 0 Å². The van der Waals surface area contributed by atoms with Crippen LogP contribution in [0.15, 0.2) is 23.3 Å². The number of nitrogens with zero attached hydrogens (tertiary/aromatic N) is 3. The van der Waals surface area contributed by atoms with Crippen molar-refractivity contribution in [3.8, 4) is 0 Å². The van der Waals surface area contributed by atoms with Crippen molar-refractivity contribution in [2.45, 2.75) is 12.2 Å². The van der Waals surface area contributed by atoms with Crippen LogP contribution in [0.1, 0.15) is 22.0 Å². The molecule has 0 aliphatic carbocycles. The van der Waals surface area contributed by atoms with E-state index >= 15 is 0 Å². The number of carbonyl (C=O) groups is 1. The lowest BCUT2D eigenvalue weighted by molar-refractivity contribution is 0.0222. The van der Waals surface area contributed by atoms with Gasteiger partial charge in [0.15, 0.2) is 0 Å². The molecular weight excluding hydrogens is 229 g/mol. The third-order valence-electron chi connectivity index (χ3n) is 2.17. The number of aliphatic hydroxyl groups is 2. The Bertz CT molecular complexity index is 460. The lowest BCUT2D eigenvalue weighted by Gasteiger charge is -2.17. The molecule has 90 valence electrons. The highest BCUT2D eigenvalue weighted by Crippen LogP contribution is 2.21. The summed E-state index contributed by atoms with van der Waals surface area (Å²) in [5.74, 6) is -0.747. The second kappa shape index (κ2) is 5.95. The van der Waals surface area contributed by atoms with Crippen LogP contribution in [0.4, 0.5) is 4.39 Å². The molecule has 1 aromatic carbocycles. The lowest BCUT2D eigenvalue weighted by Crippen LogP contribution is -2.22. The van der Waals surface area contributed by atoms with Crippen molar-refractivity contribution >= 4 is 6.29 Å². The van der Waals surface area contributed by atoms with Crippen LogP contribution in [0.5, 0.6) is 0 Å². The van der Waals surface area contributed by atoms with Crippen molar-refractivity contribution in [1.29, 1.82) is 0 Å². The van der Waals surface area contributed by atoms with Gasteiger partial charge in [0.1, 0.15) is 18.2 Å². The van der Waals surface area contributed by atoms with E-state index < -0.39 is 18.0 Å². The predicted molar refractivity (Wildman–Crippen MR) is 56.8 cm³/mol. The molecule has 0 aliphatic rings. The van der Waals surface area contributed by atoms with E-state index in [0.29, 0.717) is 6.29 Å². The minimum Gasteiger partial charge on any atom is -0.390 e. The van der Waals surface area contributed by atoms with Gasteiger partial charge in [-0.15, -0.1) is 0 Å².